The summed E-state index contributed by atoms with van der Waals surface area (Å²) in [6.45, 7) is 11.8. The summed E-state index contributed by atoms with van der Waals surface area (Å²) in [5.74, 6) is -1.29. The molecule has 2 aliphatic carbocycles. The molecule has 0 spiro atoms. The Morgan fingerprint density at radius 2 is 0.987 bits per heavy atom. The smallest absolute Gasteiger partial charge is 0.407 e. The van der Waals surface area contributed by atoms with E-state index in [0.717, 1.165) is 57.7 Å². The molecule has 2 aromatic rings. The lowest BCUT2D eigenvalue weighted by atomic mass is 9.83. The summed E-state index contributed by atoms with van der Waals surface area (Å²) in [4.78, 5) is 112. The zero-order chi connectivity index (χ0) is 56.4. The van der Waals surface area contributed by atoms with Gasteiger partial charge >= 0.3 is 12.2 Å². The number of fused-ring (bicyclic) bond motifs is 4. The largest absolute Gasteiger partial charge is 0.465 e. The van der Waals surface area contributed by atoms with Crippen molar-refractivity contribution in [3.63, 3.8) is 0 Å². The van der Waals surface area contributed by atoms with Crippen LogP contribution >= 0.6 is 23.5 Å². The third kappa shape index (κ3) is 12.4. The second-order valence-electron chi connectivity index (χ2n) is 23.2. The third-order valence-corrected chi connectivity index (χ3v) is 19.4. The van der Waals surface area contributed by atoms with Crippen molar-refractivity contribution in [1.82, 2.24) is 40.9 Å². The van der Waals surface area contributed by atoms with Crippen LogP contribution in [0.15, 0.2) is 48.5 Å². The van der Waals surface area contributed by atoms with Crippen LogP contribution in [0.5, 0.6) is 0 Å². The predicted octanol–water partition coefficient (Wildman–Crippen LogP) is 5.29. The van der Waals surface area contributed by atoms with E-state index in [-0.39, 0.29) is 46.6 Å². The van der Waals surface area contributed by atoms with E-state index in [1.807, 2.05) is 76.2 Å². The van der Waals surface area contributed by atoms with Gasteiger partial charge in [-0.2, -0.15) is 0 Å². The van der Waals surface area contributed by atoms with Crippen LogP contribution in [-0.2, 0) is 51.1 Å². The number of nitrogens with one attached hydrogen (secondary N) is 4. The minimum absolute atomic E-state index is 0.268. The Labute approximate surface area is 465 Å². The summed E-state index contributed by atoms with van der Waals surface area (Å²) in [5, 5.41) is 30.5. The second kappa shape index (κ2) is 24.4. The van der Waals surface area contributed by atoms with Crippen LogP contribution in [0.4, 0.5) is 9.59 Å². The summed E-state index contributed by atoms with van der Waals surface area (Å²) >= 11 is 3.18. The number of unbranched alkanes of at least 4 members (excludes halogenated alkanes) is 3. The molecule has 426 valence electrons. The van der Waals surface area contributed by atoms with Gasteiger partial charge < -0.3 is 50.8 Å². The van der Waals surface area contributed by atoms with Crippen LogP contribution < -0.4 is 21.3 Å². The normalized spacial score (nSPS) is 28.4. The van der Waals surface area contributed by atoms with Gasteiger partial charge in [0.15, 0.2) is 0 Å². The van der Waals surface area contributed by atoms with Crippen molar-refractivity contribution in [1.29, 1.82) is 0 Å². The Kier molecular flexibility index (Phi) is 18.3. The number of carbonyl (C=O) groups excluding carboxylic acids is 6. The first-order chi connectivity index (χ1) is 37.0. The summed E-state index contributed by atoms with van der Waals surface area (Å²) in [7, 11) is 2.61. The lowest BCUT2D eigenvalue weighted by Gasteiger charge is -2.35. The van der Waals surface area contributed by atoms with Crippen molar-refractivity contribution in [3.05, 3.63) is 70.8 Å². The molecule has 2 aromatic carbocycles. The molecule has 8 amide bonds. The number of rotatable bonds is 19. The molecular formula is C56H78N8O12S2. The van der Waals surface area contributed by atoms with Crippen LogP contribution in [-0.4, -0.2) is 175 Å². The molecule has 0 saturated carbocycles. The summed E-state index contributed by atoms with van der Waals surface area (Å²) in [6.07, 6.45) is 3.22. The Bertz CT molecular complexity index is 2430. The van der Waals surface area contributed by atoms with Crippen LogP contribution in [0.1, 0.15) is 127 Å². The van der Waals surface area contributed by atoms with Crippen LogP contribution in [0.3, 0.4) is 0 Å². The monoisotopic (exact) mass is 1120 g/mol. The molecule has 4 saturated heterocycles. The van der Waals surface area contributed by atoms with Gasteiger partial charge in [0.2, 0.25) is 35.4 Å². The van der Waals surface area contributed by atoms with Crippen molar-refractivity contribution >= 4 is 71.2 Å². The number of likely N-dealkylation sites (N-methyl/N-ethyl adjacent to an activating group) is 2. The zero-order valence-electron chi connectivity index (χ0n) is 46.0. The molecule has 8 rings (SSSR count). The lowest BCUT2D eigenvalue weighted by Crippen LogP contribution is -2.58. The van der Waals surface area contributed by atoms with Gasteiger partial charge in [-0.1, -0.05) is 89.1 Å². The Hall–Kier alpha value is -5.58. The quantitative estimate of drug-likeness (QED) is 0.0978. The Morgan fingerprint density at radius 1 is 0.615 bits per heavy atom. The number of carboxylic acid groups (broad SMARTS) is 2. The third-order valence-electron chi connectivity index (χ3n) is 16.9. The fourth-order valence-electron chi connectivity index (χ4n) is 12.2. The van der Waals surface area contributed by atoms with E-state index in [4.69, 9.17) is 9.47 Å². The summed E-state index contributed by atoms with van der Waals surface area (Å²) in [5.41, 5.74) is 2.94. The van der Waals surface area contributed by atoms with Gasteiger partial charge in [0.25, 0.3) is 0 Å². The molecule has 4 aliphatic heterocycles. The zero-order valence-corrected chi connectivity index (χ0v) is 47.7. The number of amides is 8. The minimum atomic E-state index is -1.26. The first kappa shape index (κ1) is 58.6. The summed E-state index contributed by atoms with van der Waals surface area (Å²) in [6, 6.07) is 9.55. The topological polar surface area (TPSA) is 257 Å². The molecule has 6 N–H and O–H groups in total. The number of benzene rings is 2. The molecule has 0 bridgehead atoms. The summed E-state index contributed by atoms with van der Waals surface area (Å²) < 4.78 is 13.2. The van der Waals surface area contributed by atoms with E-state index in [1.165, 1.54) is 27.9 Å². The van der Waals surface area contributed by atoms with Gasteiger partial charge in [-0.25, -0.2) is 9.59 Å². The van der Waals surface area contributed by atoms with E-state index in [9.17, 15) is 48.6 Å². The van der Waals surface area contributed by atoms with Crippen LogP contribution in [0.25, 0.3) is 0 Å². The molecule has 2 unspecified atom stereocenters. The number of thioether (sulfide) groups is 2. The number of ether oxygens (including phenoxy) is 2. The van der Waals surface area contributed by atoms with E-state index >= 15 is 0 Å². The second-order valence-corrected chi connectivity index (χ2v) is 25.8. The number of hydrogen-bond acceptors (Lipinski definition) is 12. The number of carbonyl (C=O) groups is 8. The first-order valence-corrected chi connectivity index (χ1v) is 29.5. The maximum Gasteiger partial charge on any atom is 0.407 e. The maximum atomic E-state index is 14.6. The highest BCUT2D eigenvalue weighted by Gasteiger charge is 2.57. The van der Waals surface area contributed by atoms with E-state index in [1.54, 1.807) is 33.3 Å². The van der Waals surface area contributed by atoms with Gasteiger partial charge in [-0.05, 0) is 97.0 Å². The Morgan fingerprint density at radius 3 is 1.36 bits per heavy atom. The SMILES string of the molecule is CC(C(=O)N[C@H]1CCS[C@H]2CC(C)(C)[C@@H](C(=O)N[C@H]3c4ccccc4C[C@H]3OCCCCCCO[C@@H]3Cc4ccccc4[C@@H]3NC(=O)[C@H]3N4C(=O)[C@@H](NC(=O)C(C)N(C)C(=O)O)CCS[C@H]4CC3(C)C)N2C1=O)N(C)C(=O)O. The average molecular weight is 1120 g/mol. The van der Waals surface area contributed by atoms with Gasteiger partial charge in [-0.15, -0.1) is 23.5 Å². The van der Waals surface area contributed by atoms with Crippen molar-refractivity contribution in [2.75, 3.05) is 38.8 Å². The maximum absolute atomic E-state index is 14.6. The molecule has 4 fully saturated rings. The molecule has 20 nitrogen and oxygen atoms in total. The number of nitrogens with zero attached hydrogens (tertiary/aromatic N) is 4. The fourth-order valence-corrected chi connectivity index (χ4v) is 15.4. The Balaban J connectivity index is 0.838. The van der Waals surface area contributed by atoms with Crippen molar-refractivity contribution in [2.45, 2.75) is 177 Å². The lowest BCUT2D eigenvalue weighted by molar-refractivity contribution is -0.144. The highest BCUT2D eigenvalue weighted by Crippen LogP contribution is 2.49. The molecule has 0 radical (unpaired) electrons. The van der Waals surface area contributed by atoms with Crippen LogP contribution in [0, 0.1) is 10.8 Å². The minimum Gasteiger partial charge on any atom is -0.465 e. The van der Waals surface area contributed by atoms with Gasteiger partial charge in [-0.3, -0.25) is 38.6 Å². The van der Waals surface area contributed by atoms with E-state index in [2.05, 4.69) is 21.3 Å². The van der Waals surface area contributed by atoms with Crippen molar-refractivity contribution < 1.29 is 58.0 Å². The van der Waals surface area contributed by atoms with Crippen LogP contribution in [0.2, 0.25) is 0 Å². The predicted molar refractivity (Wildman–Crippen MR) is 294 cm³/mol. The van der Waals surface area contributed by atoms with Crippen molar-refractivity contribution in [2.24, 2.45) is 10.8 Å². The molecule has 0 aromatic heterocycles. The standard InChI is InChI=1S/C56H78N8O12S2/c1-31(61(7)53(71)72)47(65)57-37-21-25-77-41-29-55(3,4)45(63(41)51(37)69)49(67)59-43-35-19-13-11-17-33(35)27-39(43)75-23-15-9-10-16-24-76-40-28-34-18-12-14-20-36(34)44(40)60-50(68)46-56(5,6)30-42-64(46)52(70)38(22-26-78-42)58-48(66)32(2)62(8)54(73)74/h11-14,17-20,31-32,37-46H,9-10,15-16,21-30H2,1-8H3,(H,57,65)(H,58,66)(H,59,67)(H,60,68)(H,71,72)(H,73,74)/t31?,32?,37-,38-,39+,40+,41-,42-,43-,44-,45+,46+/m0/s1. The average Bonchev–Trinajstić information content (AvgIpc) is 4.27. The van der Waals surface area contributed by atoms with Crippen molar-refractivity contribution in [3.8, 4) is 0 Å². The highest BCUT2D eigenvalue weighted by molar-refractivity contribution is 8.00. The molecule has 78 heavy (non-hydrogen) atoms. The van der Waals surface area contributed by atoms with E-state index < -0.39 is 83.2 Å². The molecule has 6 aliphatic rings. The van der Waals surface area contributed by atoms with Gasteiger partial charge in [0.05, 0.1) is 35.0 Å². The van der Waals surface area contributed by atoms with E-state index in [0.29, 0.717) is 63.2 Å². The highest BCUT2D eigenvalue weighted by atomic mass is 32.2. The molecular weight excluding hydrogens is 1040 g/mol. The molecule has 4 heterocycles. The molecule has 12 atom stereocenters. The fraction of sp³-hybridized carbons (Fsp3) is 0.643. The van der Waals surface area contributed by atoms with Gasteiger partial charge in [0.1, 0.15) is 36.3 Å². The first-order valence-electron chi connectivity index (χ1n) is 27.4. The van der Waals surface area contributed by atoms with Gasteiger partial charge in [0, 0.05) is 40.2 Å². The number of hydrogen-bond donors (Lipinski definition) is 6. The molecule has 22 heteroatoms.